The molecular formula is C14H20N2O. The number of hydrogen-bond acceptors (Lipinski definition) is 2. The SMILES string of the molecule is CNC(=O)c1ccc(C2CCNCC2)c(C)c1. The summed E-state index contributed by atoms with van der Waals surface area (Å²) in [5.41, 5.74) is 3.39. The molecular weight excluding hydrogens is 212 g/mol. The third kappa shape index (κ3) is 2.67. The van der Waals surface area contributed by atoms with Crippen LogP contribution in [0.15, 0.2) is 18.2 Å². The summed E-state index contributed by atoms with van der Waals surface area (Å²) in [5.74, 6) is 0.639. The highest BCUT2D eigenvalue weighted by atomic mass is 16.1. The van der Waals surface area contributed by atoms with Crippen LogP contribution in [0.5, 0.6) is 0 Å². The minimum absolute atomic E-state index is 0.00930. The van der Waals surface area contributed by atoms with Crippen LogP contribution in [0.25, 0.3) is 0 Å². The Balaban J connectivity index is 2.21. The Hall–Kier alpha value is -1.35. The van der Waals surface area contributed by atoms with Gasteiger partial charge in [-0.2, -0.15) is 0 Å². The lowest BCUT2D eigenvalue weighted by molar-refractivity contribution is 0.0963. The second kappa shape index (κ2) is 5.32. The maximum absolute atomic E-state index is 11.5. The van der Waals surface area contributed by atoms with Gasteiger partial charge in [0.25, 0.3) is 5.91 Å². The van der Waals surface area contributed by atoms with Crippen LogP contribution in [0.3, 0.4) is 0 Å². The lowest BCUT2D eigenvalue weighted by Gasteiger charge is -2.24. The summed E-state index contributed by atoms with van der Waals surface area (Å²) in [6.07, 6.45) is 2.39. The van der Waals surface area contributed by atoms with Crippen molar-refractivity contribution >= 4 is 5.91 Å². The molecule has 2 rings (SSSR count). The predicted molar refractivity (Wildman–Crippen MR) is 69.4 cm³/mol. The molecule has 3 heteroatoms. The average molecular weight is 232 g/mol. The van der Waals surface area contributed by atoms with Crippen molar-refractivity contribution in [2.75, 3.05) is 20.1 Å². The molecule has 1 aliphatic heterocycles. The van der Waals surface area contributed by atoms with Crippen LogP contribution in [0.4, 0.5) is 0 Å². The Morgan fingerprint density at radius 3 is 2.65 bits per heavy atom. The summed E-state index contributed by atoms with van der Waals surface area (Å²) < 4.78 is 0. The smallest absolute Gasteiger partial charge is 0.251 e. The van der Waals surface area contributed by atoms with Gasteiger partial charge in [-0.15, -0.1) is 0 Å². The van der Waals surface area contributed by atoms with Gasteiger partial charge in [0.2, 0.25) is 0 Å². The quantitative estimate of drug-likeness (QED) is 0.816. The molecule has 1 saturated heterocycles. The first kappa shape index (κ1) is 12.1. The molecule has 3 nitrogen and oxygen atoms in total. The van der Waals surface area contributed by atoms with E-state index >= 15 is 0 Å². The topological polar surface area (TPSA) is 41.1 Å². The number of aryl methyl sites for hydroxylation is 1. The fraction of sp³-hybridized carbons (Fsp3) is 0.500. The molecule has 92 valence electrons. The van der Waals surface area contributed by atoms with E-state index in [0.717, 1.165) is 18.7 Å². The van der Waals surface area contributed by atoms with Gasteiger partial charge in [-0.1, -0.05) is 6.07 Å². The predicted octanol–water partition coefficient (Wildman–Crippen LogP) is 1.82. The standard InChI is InChI=1S/C14H20N2O/c1-10-9-12(14(17)15-2)3-4-13(10)11-5-7-16-8-6-11/h3-4,9,11,16H,5-8H2,1-2H3,(H,15,17). The maximum Gasteiger partial charge on any atom is 0.251 e. The molecule has 1 amide bonds. The normalized spacial score (nSPS) is 16.8. The van der Waals surface area contributed by atoms with Crippen LogP contribution in [-0.4, -0.2) is 26.0 Å². The number of carbonyl (C=O) groups excluding carboxylic acids is 1. The first-order valence-corrected chi connectivity index (χ1v) is 6.25. The molecule has 1 aromatic rings. The molecule has 0 aromatic heterocycles. The molecule has 0 atom stereocenters. The van der Waals surface area contributed by atoms with Crippen molar-refractivity contribution < 1.29 is 4.79 Å². The van der Waals surface area contributed by atoms with Gasteiger partial charge in [0.05, 0.1) is 0 Å². The molecule has 0 unspecified atom stereocenters. The minimum Gasteiger partial charge on any atom is -0.355 e. The Labute approximate surface area is 103 Å². The van der Waals surface area contributed by atoms with Gasteiger partial charge in [-0.05, 0) is 62.0 Å². The van der Waals surface area contributed by atoms with Crippen molar-refractivity contribution in [1.29, 1.82) is 0 Å². The molecule has 17 heavy (non-hydrogen) atoms. The second-order valence-corrected chi connectivity index (χ2v) is 4.67. The number of piperidine rings is 1. The molecule has 0 aliphatic carbocycles. The van der Waals surface area contributed by atoms with Crippen molar-refractivity contribution in [3.05, 3.63) is 34.9 Å². The van der Waals surface area contributed by atoms with Crippen molar-refractivity contribution in [2.24, 2.45) is 0 Å². The fourth-order valence-corrected chi connectivity index (χ4v) is 2.55. The number of carbonyl (C=O) groups is 1. The summed E-state index contributed by atoms with van der Waals surface area (Å²) in [7, 11) is 1.67. The highest BCUT2D eigenvalue weighted by Gasteiger charge is 2.17. The Kier molecular flexibility index (Phi) is 3.79. The molecule has 1 heterocycles. The Bertz CT molecular complexity index is 409. The first-order chi connectivity index (χ1) is 8.22. The summed E-state index contributed by atoms with van der Waals surface area (Å²) in [4.78, 5) is 11.5. The van der Waals surface area contributed by atoms with Gasteiger partial charge in [-0.25, -0.2) is 0 Å². The molecule has 1 aliphatic rings. The van der Waals surface area contributed by atoms with Crippen LogP contribution in [0.2, 0.25) is 0 Å². The summed E-state index contributed by atoms with van der Waals surface area (Å²) >= 11 is 0. The van der Waals surface area contributed by atoms with E-state index in [2.05, 4.69) is 23.6 Å². The van der Waals surface area contributed by atoms with Crippen LogP contribution < -0.4 is 10.6 Å². The van der Waals surface area contributed by atoms with E-state index in [0.29, 0.717) is 5.92 Å². The molecule has 1 aromatic carbocycles. The fourth-order valence-electron chi connectivity index (χ4n) is 2.55. The molecule has 0 radical (unpaired) electrons. The lowest BCUT2D eigenvalue weighted by atomic mass is 9.87. The zero-order valence-electron chi connectivity index (χ0n) is 10.5. The third-order valence-corrected chi connectivity index (χ3v) is 3.54. The van der Waals surface area contributed by atoms with E-state index in [1.807, 2.05) is 12.1 Å². The molecule has 0 bridgehead atoms. The highest BCUT2D eigenvalue weighted by molar-refractivity contribution is 5.94. The van der Waals surface area contributed by atoms with Gasteiger partial charge >= 0.3 is 0 Å². The molecule has 0 spiro atoms. The number of benzene rings is 1. The minimum atomic E-state index is -0.00930. The maximum atomic E-state index is 11.5. The van der Waals surface area contributed by atoms with Crippen LogP contribution in [0.1, 0.15) is 40.2 Å². The van der Waals surface area contributed by atoms with Crippen LogP contribution in [-0.2, 0) is 0 Å². The summed E-state index contributed by atoms with van der Waals surface area (Å²) in [6, 6.07) is 6.05. The third-order valence-electron chi connectivity index (χ3n) is 3.54. The number of rotatable bonds is 2. The lowest BCUT2D eigenvalue weighted by Crippen LogP contribution is -2.27. The highest BCUT2D eigenvalue weighted by Crippen LogP contribution is 2.28. The zero-order chi connectivity index (χ0) is 12.3. The van der Waals surface area contributed by atoms with Gasteiger partial charge < -0.3 is 10.6 Å². The zero-order valence-corrected chi connectivity index (χ0v) is 10.5. The molecule has 0 saturated carbocycles. The Morgan fingerprint density at radius 2 is 2.06 bits per heavy atom. The monoisotopic (exact) mass is 232 g/mol. The van der Waals surface area contributed by atoms with Gasteiger partial charge in [0.15, 0.2) is 0 Å². The van der Waals surface area contributed by atoms with E-state index in [9.17, 15) is 4.79 Å². The van der Waals surface area contributed by atoms with E-state index in [-0.39, 0.29) is 5.91 Å². The van der Waals surface area contributed by atoms with E-state index < -0.39 is 0 Å². The van der Waals surface area contributed by atoms with Gasteiger partial charge in [-0.3, -0.25) is 4.79 Å². The summed E-state index contributed by atoms with van der Waals surface area (Å²) in [6.45, 7) is 4.30. The van der Waals surface area contributed by atoms with E-state index in [1.54, 1.807) is 7.05 Å². The number of hydrogen-bond donors (Lipinski definition) is 2. The number of nitrogens with one attached hydrogen (secondary N) is 2. The number of amides is 1. The van der Waals surface area contributed by atoms with E-state index in [1.165, 1.54) is 24.0 Å². The summed E-state index contributed by atoms with van der Waals surface area (Å²) in [5, 5.41) is 6.04. The first-order valence-electron chi connectivity index (χ1n) is 6.25. The van der Waals surface area contributed by atoms with Crippen molar-refractivity contribution in [3.63, 3.8) is 0 Å². The van der Waals surface area contributed by atoms with Gasteiger partial charge in [0, 0.05) is 12.6 Å². The molecule has 1 fully saturated rings. The molecule has 2 N–H and O–H groups in total. The van der Waals surface area contributed by atoms with Crippen LogP contribution in [0, 0.1) is 6.92 Å². The van der Waals surface area contributed by atoms with Crippen LogP contribution >= 0.6 is 0 Å². The largest absolute Gasteiger partial charge is 0.355 e. The van der Waals surface area contributed by atoms with Crippen molar-refractivity contribution in [1.82, 2.24) is 10.6 Å². The van der Waals surface area contributed by atoms with Crippen molar-refractivity contribution in [2.45, 2.75) is 25.7 Å². The van der Waals surface area contributed by atoms with Crippen molar-refractivity contribution in [3.8, 4) is 0 Å². The van der Waals surface area contributed by atoms with E-state index in [4.69, 9.17) is 0 Å². The average Bonchev–Trinajstić information content (AvgIpc) is 2.38. The second-order valence-electron chi connectivity index (χ2n) is 4.67. The van der Waals surface area contributed by atoms with Gasteiger partial charge in [0.1, 0.15) is 0 Å². The Morgan fingerprint density at radius 1 is 1.35 bits per heavy atom.